The van der Waals surface area contributed by atoms with Gasteiger partial charge in [0.25, 0.3) is 11.6 Å². The van der Waals surface area contributed by atoms with E-state index in [0.717, 1.165) is 42.3 Å². The van der Waals surface area contributed by atoms with E-state index < -0.39 is 4.92 Å². The maximum Gasteiger partial charge on any atom is 0.320 e. The lowest BCUT2D eigenvalue weighted by Gasteiger charge is -2.39. The van der Waals surface area contributed by atoms with Gasteiger partial charge in [-0.3, -0.25) is 14.9 Å². The Morgan fingerprint density at radius 3 is 2.38 bits per heavy atom. The number of urea groups is 1. The monoisotopic (exact) mass is 563 g/mol. The van der Waals surface area contributed by atoms with Crippen LogP contribution in [0.25, 0.3) is 0 Å². The number of nitro benzene ring substituents is 1. The fraction of sp³-hybridized carbons (Fsp3) is 0.429. The number of likely N-dealkylation sites (N-methyl/N-ethyl adjacent to an activating group) is 1. The topological polar surface area (TPSA) is 116 Å². The molecule has 2 aromatic heterocycles. The summed E-state index contributed by atoms with van der Waals surface area (Å²) in [6, 6.07) is 12.4. The van der Waals surface area contributed by atoms with Crippen molar-refractivity contribution in [2.75, 3.05) is 57.8 Å². The van der Waals surface area contributed by atoms with Crippen LogP contribution in [0, 0.1) is 10.1 Å². The van der Waals surface area contributed by atoms with Crippen LogP contribution >= 0.6 is 11.3 Å². The van der Waals surface area contributed by atoms with Crippen LogP contribution < -0.4 is 4.90 Å². The lowest BCUT2D eigenvalue weighted by Crippen LogP contribution is -2.54. The zero-order chi connectivity index (χ0) is 28.1. The van der Waals surface area contributed by atoms with Crippen LogP contribution in [0.1, 0.15) is 39.8 Å². The number of hydrogen-bond donors (Lipinski definition) is 0. The Morgan fingerprint density at radius 2 is 1.73 bits per heavy atom. The fourth-order valence-electron chi connectivity index (χ4n) is 5.14. The first-order valence-corrected chi connectivity index (χ1v) is 14.4. The summed E-state index contributed by atoms with van der Waals surface area (Å²) < 4.78 is 0. The number of pyridine rings is 1. The standard InChI is InChI=1S/C28H33N7O4S/c1-31(13-9-21-5-7-23(8-6-21)35(38)39)27(36)24-20-40-26(30-24)22-10-14-33(15-11-22)28(37)34-18-16-32(17-19-34)25-4-2-3-12-29-25/h2-8,12,20,22H,9-11,13-19H2,1H3. The number of carbonyl (C=O) groups is 2. The Balaban J connectivity index is 1.07. The highest BCUT2D eigenvalue weighted by molar-refractivity contribution is 7.09. The smallest absolute Gasteiger partial charge is 0.320 e. The van der Waals surface area contributed by atoms with Gasteiger partial charge in [-0.2, -0.15) is 0 Å². The first kappa shape index (κ1) is 27.5. The van der Waals surface area contributed by atoms with Crippen molar-refractivity contribution in [1.82, 2.24) is 24.7 Å². The number of amides is 3. The Kier molecular flexibility index (Phi) is 8.54. The van der Waals surface area contributed by atoms with E-state index in [4.69, 9.17) is 0 Å². The van der Waals surface area contributed by atoms with E-state index in [9.17, 15) is 19.7 Å². The van der Waals surface area contributed by atoms with E-state index in [1.165, 1.54) is 23.5 Å². The highest BCUT2D eigenvalue weighted by Crippen LogP contribution is 2.31. The molecular weight excluding hydrogens is 530 g/mol. The predicted molar refractivity (Wildman–Crippen MR) is 153 cm³/mol. The van der Waals surface area contributed by atoms with E-state index in [1.807, 2.05) is 33.4 Å². The van der Waals surface area contributed by atoms with E-state index in [1.54, 1.807) is 30.3 Å². The molecule has 0 spiro atoms. The Morgan fingerprint density at radius 1 is 1.02 bits per heavy atom. The zero-order valence-corrected chi connectivity index (χ0v) is 23.3. The molecule has 0 unspecified atom stereocenters. The molecule has 40 heavy (non-hydrogen) atoms. The second-order valence-corrected chi connectivity index (χ2v) is 11.1. The Hall–Kier alpha value is -4.06. The van der Waals surface area contributed by atoms with Crippen molar-refractivity contribution in [1.29, 1.82) is 0 Å². The van der Waals surface area contributed by atoms with Crippen molar-refractivity contribution in [2.24, 2.45) is 0 Å². The molecule has 0 bridgehead atoms. The summed E-state index contributed by atoms with van der Waals surface area (Å²) in [5.41, 5.74) is 1.42. The third kappa shape index (κ3) is 6.39. The molecule has 0 N–H and O–H groups in total. The summed E-state index contributed by atoms with van der Waals surface area (Å²) >= 11 is 1.51. The molecule has 210 valence electrons. The molecule has 0 radical (unpaired) electrons. The molecule has 5 rings (SSSR count). The van der Waals surface area contributed by atoms with Crippen molar-refractivity contribution in [2.45, 2.75) is 25.2 Å². The highest BCUT2D eigenvalue weighted by atomic mass is 32.1. The molecule has 2 saturated heterocycles. The van der Waals surface area contributed by atoms with Crippen LogP contribution in [0.15, 0.2) is 54.0 Å². The molecule has 0 atom stereocenters. The molecule has 0 saturated carbocycles. The average Bonchev–Trinajstić information content (AvgIpc) is 3.50. The number of anilines is 1. The summed E-state index contributed by atoms with van der Waals surface area (Å²) in [7, 11) is 1.74. The van der Waals surface area contributed by atoms with Gasteiger partial charge in [0.2, 0.25) is 0 Å². The summed E-state index contributed by atoms with van der Waals surface area (Å²) in [4.78, 5) is 53.3. The lowest BCUT2D eigenvalue weighted by atomic mass is 9.98. The molecule has 2 fully saturated rings. The van der Waals surface area contributed by atoms with Crippen LogP contribution in [0.3, 0.4) is 0 Å². The number of carbonyl (C=O) groups excluding carboxylic acids is 2. The predicted octanol–water partition coefficient (Wildman–Crippen LogP) is 3.88. The molecule has 11 nitrogen and oxygen atoms in total. The van der Waals surface area contributed by atoms with E-state index in [0.29, 0.717) is 44.8 Å². The second kappa shape index (κ2) is 12.4. The van der Waals surface area contributed by atoms with Gasteiger partial charge in [0.05, 0.1) is 9.93 Å². The van der Waals surface area contributed by atoms with Gasteiger partial charge in [-0.25, -0.2) is 14.8 Å². The van der Waals surface area contributed by atoms with Crippen molar-refractivity contribution < 1.29 is 14.5 Å². The SMILES string of the molecule is CN(CCc1ccc([N+](=O)[O-])cc1)C(=O)c1csc(C2CCN(C(=O)N3CCN(c4ccccn4)CC3)CC2)n1. The van der Waals surface area contributed by atoms with Gasteiger partial charge in [-0.05, 0) is 37.0 Å². The van der Waals surface area contributed by atoms with Crippen LogP contribution in [0.5, 0.6) is 0 Å². The summed E-state index contributed by atoms with van der Waals surface area (Å²) in [5.74, 6) is 1.05. The summed E-state index contributed by atoms with van der Waals surface area (Å²) in [6.45, 7) is 4.77. The normalized spacial score (nSPS) is 16.2. The number of aromatic nitrogens is 2. The van der Waals surface area contributed by atoms with Gasteiger partial charge in [0.1, 0.15) is 11.5 Å². The van der Waals surface area contributed by atoms with Gasteiger partial charge >= 0.3 is 6.03 Å². The van der Waals surface area contributed by atoms with Crippen molar-refractivity contribution in [3.8, 4) is 0 Å². The molecular formula is C28H33N7O4S. The fourth-order valence-corrected chi connectivity index (χ4v) is 6.10. The minimum atomic E-state index is -0.423. The van der Waals surface area contributed by atoms with Crippen LogP contribution in [-0.2, 0) is 6.42 Å². The molecule has 4 heterocycles. The molecule has 2 aliphatic heterocycles. The van der Waals surface area contributed by atoms with E-state index in [-0.39, 0.29) is 23.5 Å². The minimum absolute atomic E-state index is 0.0535. The van der Waals surface area contributed by atoms with Crippen LogP contribution in [0.4, 0.5) is 16.3 Å². The maximum absolute atomic E-state index is 13.1. The average molecular weight is 564 g/mol. The number of nitro groups is 1. The number of likely N-dealkylation sites (tertiary alicyclic amines) is 1. The van der Waals surface area contributed by atoms with Gasteiger partial charge in [-0.1, -0.05) is 18.2 Å². The second-order valence-electron chi connectivity index (χ2n) is 10.2. The Labute approximate surface area is 237 Å². The molecule has 3 aromatic rings. The highest BCUT2D eigenvalue weighted by Gasteiger charge is 2.30. The number of hydrogen-bond acceptors (Lipinski definition) is 8. The molecule has 1 aromatic carbocycles. The number of piperazine rings is 1. The number of nitrogens with zero attached hydrogens (tertiary/aromatic N) is 7. The van der Waals surface area contributed by atoms with E-state index in [2.05, 4.69) is 14.9 Å². The van der Waals surface area contributed by atoms with Crippen molar-refractivity contribution in [3.63, 3.8) is 0 Å². The maximum atomic E-state index is 13.1. The van der Waals surface area contributed by atoms with Crippen molar-refractivity contribution in [3.05, 3.63) is 80.4 Å². The summed E-state index contributed by atoms with van der Waals surface area (Å²) in [5, 5.41) is 13.6. The number of benzene rings is 1. The lowest BCUT2D eigenvalue weighted by molar-refractivity contribution is -0.384. The van der Waals surface area contributed by atoms with Crippen molar-refractivity contribution >= 4 is 34.8 Å². The van der Waals surface area contributed by atoms with E-state index >= 15 is 0 Å². The van der Waals surface area contributed by atoms with Crippen LogP contribution in [0.2, 0.25) is 0 Å². The number of piperidine rings is 1. The minimum Gasteiger partial charge on any atom is -0.353 e. The Bertz CT molecular complexity index is 1320. The third-order valence-electron chi connectivity index (χ3n) is 7.61. The molecule has 3 amide bonds. The molecule has 0 aliphatic carbocycles. The largest absolute Gasteiger partial charge is 0.353 e. The third-order valence-corrected chi connectivity index (χ3v) is 8.62. The first-order chi connectivity index (χ1) is 19.4. The quantitative estimate of drug-likeness (QED) is 0.316. The molecule has 12 heteroatoms. The molecule has 2 aliphatic rings. The first-order valence-electron chi connectivity index (χ1n) is 13.5. The van der Waals surface area contributed by atoms with Gasteiger partial charge < -0.3 is 19.6 Å². The van der Waals surface area contributed by atoms with Gasteiger partial charge in [0, 0.05) is 82.5 Å². The number of rotatable bonds is 7. The number of thiazole rings is 1. The zero-order valence-electron chi connectivity index (χ0n) is 22.5. The van der Waals surface area contributed by atoms with Gasteiger partial charge in [-0.15, -0.1) is 11.3 Å². The summed E-state index contributed by atoms with van der Waals surface area (Å²) in [6.07, 6.45) is 4.05. The number of non-ortho nitro benzene ring substituents is 1. The van der Waals surface area contributed by atoms with Gasteiger partial charge in [0.15, 0.2) is 0 Å². The van der Waals surface area contributed by atoms with Crippen LogP contribution in [-0.4, -0.2) is 94.4 Å².